The van der Waals surface area contributed by atoms with Crippen LogP contribution in [0.4, 0.5) is 0 Å². The van der Waals surface area contributed by atoms with Crippen molar-refractivity contribution in [3.05, 3.63) is 39.9 Å². The largest absolute Gasteiger partial charge is 0.394 e. The summed E-state index contributed by atoms with van der Waals surface area (Å²) in [4.78, 5) is 11.6. The van der Waals surface area contributed by atoms with Crippen molar-refractivity contribution in [2.75, 3.05) is 6.61 Å². The van der Waals surface area contributed by atoms with Gasteiger partial charge in [0.15, 0.2) is 0 Å². The van der Waals surface area contributed by atoms with E-state index >= 15 is 0 Å². The molecule has 0 aromatic heterocycles. The predicted octanol–water partition coefficient (Wildman–Crippen LogP) is 2.65. The van der Waals surface area contributed by atoms with Crippen LogP contribution in [-0.2, 0) is 4.79 Å². The first kappa shape index (κ1) is 13.4. The molecule has 1 fully saturated rings. The van der Waals surface area contributed by atoms with Crippen LogP contribution in [0.25, 0.3) is 6.08 Å². The lowest BCUT2D eigenvalue weighted by atomic mass is 10.2. The Morgan fingerprint density at radius 1 is 1.44 bits per heavy atom. The Morgan fingerprint density at radius 2 is 2.17 bits per heavy atom. The van der Waals surface area contributed by atoms with E-state index in [4.69, 9.17) is 28.3 Å². The summed E-state index contributed by atoms with van der Waals surface area (Å²) < 4.78 is 0. The van der Waals surface area contributed by atoms with Crippen LogP contribution < -0.4 is 5.32 Å². The Kier molecular flexibility index (Phi) is 3.95. The van der Waals surface area contributed by atoms with Gasteiger partial charge in [-0.3, -0.25) is 4.79 Å². The zero-order valence-corrected chi connectivity index (χ0v) is 11.1. The van der Waals surface area contributed by atoms with Gasteiger partial charge in [-0.2, -0.15) is 0 Å². The van der Waals surface area contributed by atoms with Crippen LogP contribution in [0, 0.1) is 0 Å². The number of carbonyl (C=O) groups excluding carboxylic acids is 1. The fourth-order valence-electron chi connectivity index (χ4n) is 1.58. The molecule has 0 bridgehead atoms. The summed E-state index contributed by atoms with van der Waals surface area (Å²) in [5.74, 6) is -0.229. The van der Waals surface area contributed by atoms with E-state index < -0.39 is 5.54 Å². The second-order valence-electron chi connectivity index (χ2n) is 4.43. The van der Waals surface area contributed by atoms with Crippen LogP contribution >= 0.6 is 23.2 Å². The maximum atomic E-state index is 11.6. The third kappa shape index (κ3) is 3.25. The van der Waals surface area contributed by atoms with E-state index in [9.17, 15) is 4.79 Å². The van der Waals surface area contributed by atoms with Gasteiger partial charge in [-0.1, -0.05) is 29.3 Å². The van der Waals surface area contributed by atoms with Gasteiger partial charge in [0, 0.05) is 16.1 Å². The molecule has 0 saturated heterocycles. The quantitative estimate of drug-likeness (QED) is 0.836. The molecule has 1 aliphatic carbocycles. The molecule has 0 spiro atoms. The number of aliphatic hydroxyl groups is 1. The standard InChI is InChI=1S/C13H13Cl2NO2/c14-10-3-1-9(11(15)7-10)2-4-12(18)16-13(8-17)5-6-13/h1-4,7,17H,5-6,8H2,(H,16,18)/b4-2+. The van der Waals surface area contributed by atoms with E-state index in [0.717, 1.165) is 18.4 Å². The topological polar surface area (TPSA) is 49.3 Å². The highest BCUT2D eigenvalue weighted by Gasteiger charge is 2.42. The molecule has 3 nitrogen and oxygen atoms in total. The summed E-state index contributed by atoms with van der Waals surface area (Å²) in [6, 6.07) is 5.07. The van der Waals surface area contributed by atoms with Gasteiger partial charge in [-0.25, -0.2) is 0 Å². The second-order valence-corrected chi connectivity index (χ2v) is 5.27. The van der Waals surface area contributed by atoms with Crippen molar-refractivity contribution in [3.63, 3.8) is 0 Å². The van der Waals surface area contributed by atoms with E-state index in [1.54, 1.807) is 24.3 Å². The van der Waals surface area contributed by atoms with Gasteiger partial charge >= 0.3 is 0 Å². The average molecular weight is 286 g/mol. The first-order valence-electron chi connectivity index (χ1n) is 5.61. The van der Waals surface area contributed by atoms with Crippen molar-refractivity contribution < 1.29 is 9.90 Å². The van der Waals surface area contributed by atoms with Crippen LogP contribution in [0.15, 0.2) is 24.3 Å². The molecule has 18 heavy (non-hydrogen) atoms. The highest BCUT2D eigenvalue weighted by molar-refractivity contribution is 6.35. The third-order valence-electron chi connectivity index (χ3n) is 2.92. The molecular formula is C13H13Cl2NO2. The maximum absolute atomic E-state index is 11.6. The molecule has 1 aromatic carbocycles. The summed E-state index contributed by atoms with van der Waals surface area (Å²) >= 11 is 11.8. The number of benzene rings is 1. The van der Waals surface area contributed by atoms with Gasteiger partial charge < -0.3 is 10.4 Å². The molecule has 2 rings (SSSR count). The molecule has 5 heteroatoms. The van der Waals surface area contributed by atoms with Crippen molar-refractivity contribution in [1.82, 2.24) is 5.32 Å². The Bertz CT molecular complexity index is 496. The number of halogens is 2. The number of hydrogen-bond acceptors (Lipinski definition) is 2. The molecular weight excluding hydrogens is 273 g/mol. The van der Waals surface area contributed by atoms with Gasteiger partial charge in [-0.05, 0) is 36.6 Å². The number of nitrogens with one attached hydrogen (secondary N) is 1. The molecule has 0 aliphatic heterocycles. The molecule has 1 amide bonds. The first-order valence-corrected chi connectivity index (χ1v) is 6.36. The molecule has 1 saturated carbocycles. The number of amides is 1. The minimum Gasteiger partial charge on any atom is -0.394 e. The van der Waals surface area contributed by atoms with Crippen LogP contribution in [0.5, 0.6) is 0 Å². The van der Waals surface area contributed by atoms with E-state index in [1.165, 1.54) is 6.08 Å². The molecule has 96 valence electrons. The summed E-state index contributed by atoms with van der Waals surface area (Å²) in [6.45, 7) is -0.0196. The minimum atomic E-state index is -0.398. The molecule has 0 atom stereocenters. The van der Waals surface area contributed by atoms with E-state index in [2.05, 4.69) is 5.32 Å². The van der Waals surface area contributed by atoms with Gasteiger partial charge in [0.05, 0.1) is 12.1 Å². The zero-order chi connectivity index (χ0) is 13.2. The average Bonchev–Trinajstić information content (AvgIpc) is 3.08. The smallest absolute Gasteiger partial charge is 0.244 e. The molecule has 2 N–H and O–H groups in total. The van der Waals surface area contributed by atoms with Crippen molar-refractivity contribution >= 4 is 35.2 Å². The molecule has 0 radical (unpaired) electrons. The first-order chi connectivity index (χ1) is 8.54. The second kappa shape index (κ2) is 5.31. The van der Waals surface area contributed by atoms with E-state index in [1.807, 2.05) is 0 Å². The maximum Gasteiger partial charge on any atom is 0.244 e. The third-order valence-corrected chi connectivity index (χ3v) is 3.48. The summed E-state index contributed by atoms with van der Waals surface area (Å²) in [5.41, 5.74) is 0.329. The van der Waals surface area contributed by atoms with Crippen LogP contribution in [0.2, 0.25) is 10.0 Å². The normalized spacial score (nSPS) is 16.8. The lowest BCUT2D eigenvalue weighted by Crippen LogP contribution is -2.38. The minimum absolute atomic E-state index is 0.0196. The van der Waals surface area contributed by atoms with Crippen molar-refractivity contribution in [2.45, 2.75) is 18.4 Å². The summed E-state index contributed by atoms with van der Waals surface area (Å²) in [6.07, 6.45) is 4.68. The Hall–Kier alpha value is -1.03. The highest BCUT2D eigenvalue weighted by atomic mass is 35.5. The van der Waals surface area contributed by atoms with Crippen LogP contribution in [-0.4, -0.2) is 23.2 Å². The van der Waals surface area contributed by atoms with Crippen LogP contribution in [0.1, 0.15) is 18.4 Å². The van der Waals surface area contributed by atoms with E-state index in [0.29, 0.717) is 10.0 Å². The zero-order valence-electron chi connectivity index (χ0n) is 9.62. The fraction of sp³-hybridized carbons (Fsp3) is 0.308. The SMILES string of the molecule is O=C(/C=C/c1ccc(Cl)cc1Cl)NC1(CO)CC1. The summed E-state index contributed by atoms with van der Waals surface area (Å²) in [5, 5.41) is 12.9. The molecule has 1 aromatic rings. The number of hydrogen-bond donors (Lipinski definition) is 2. The number of aliphatic hydroxyl groups excluding tert-OH is 1. The monoisotopic (exact) mass is 285 g/mol. The van der Waals surface area contributed by atoms with E-state index in [-0.39, 0.29) is 12.5 Å². The Balaban J connectivity index is 2.00. The molecule has 0 unspecified atom stereocenters. The lowest BCUT2D eigenvalue weighted by molar-refractivity contribution is -0.117. The predicted molar refractivity (Wildman–Crippen MR) is 72.7 cm³/mol. The number of carbonyl (C=O) groups is 1. The van der Waals surface area contributed by atoms with Gasteiger partial charge in [-0.15, -0.1) is 0 Å². The Labute approximate surface area is 115 Å². The molecule has 0 heterocycles. The van der Waals surface area contributed by atoms with Gasteiger partial charge in [0.25, 0.3) is 0 Å². The highest BCUT2D eigenvalue weighted by Crippen LogP contribution is 2.34. The van der Waals surface area contributed by atoms with Crippen molar-refractivity contribution in [2.24, 2.45) is 0 Å². The van der Waals surface area contributed by atoms with Gasteiger partial charge in [0.2, 0.25) is 5.91 Å². The van der Waals surface area contributed by atoms with Crippen LogP contribution in [0.3, 0.4) is 0 Å². The number of rotatable bonds is 4. The van der Waals surface area contributed by atoms with Crippen molar-refractivity contribution in [3.8, 4) is 0 Å². The lowest BCUT2D eigenvalue weighted by Gasteiger charge is -2.11. The van der Waals surface area contributed by atoms with Gasteiger partial charge in [0.1, 0.15) is 0 Å². The Morgan fingerprint density at radius 3 is 2.72 bits per heavy atom. The summed E-state index contributed by atoms with van der Waals surface area (Å²) in [7, 11) is 0. The fourth-order valence-corrected chi connectivity index (χ4v) is 2.05. The van der Waals surface area contributed by atoms with Crippen molar-refractivity contribution in [1.29, 1.82) is 0 Å². The molecule has 1 aliphatic rings.